The molecule has 0 aliphatic carbocycles. The van der Waals surface area contributed by atoms with Gasteiger partial charge < -0.3 is 24.6 Å². The molecule has 2 aliphatic heterocycles. The Morgan fingerprint density at radius 1 is 1.22 bits per heavy atom. The van der Waals surface area contributed by atoms with Crippen LogP contribution < -0.4 is 19.7 Å². The van der Waals surface area contributed by atoms with Crippen molar-refractivity contribution in [3.8, 4) is 11.6 Å². The van der Waals surface area contributed by atoms with E-state index in [-0.39, 0.29) is 17.9 Å². The SMILES string of the molecule is CC.CCc1cc2cc3c(cc2nc1OC)C(=O)N1CCN(c2ccc(C(=O)NC)nc2)C[C@H]1CCO3. The van der Waals surface area contributed by atoms with Crippen LogP contribution in [-0.2, 0) is 6.42 Å². The fourth-order valence-electron chi connectivity index (χ4n) is 4.84. The minimum Gasteiger partial charge on any atom is -0.493 e. The van der Waals surface area contributed by atoms with E-state index in [9.17, 15) is 9.59 Å². The molecule has 0 saturated carbocycles. The van der Waals surface area contributed by atoms with E-state index in [0.29, 0.717) is 54.6 Å². The van der Waals surface area contributed by atoms with Gasteiger partial charge in [0.1, 0.15) is 11.4 Å². The van der Waals surface area contributed by atoms with Gasteiger partial charge in [0, 0.05) is 44.1 Å². The molecule has 2 amide bonds. The number of nitrogens with one attached hydrogen (secondary N) is 1. The Kier molecular flexibility index (Phi) is 8.11. The zero-order valence-corrected chi connectivity index (χ0v) is 22.2. The van der Waals surface area contributed by atoms with Crippen molar-refractivity contribution in [2.24, 2.45) is 0 Å². The number of pyridine rings is 2. The fourth-order valence-corrected chi connectivity index (χ4v) is 4.84. The second-order valence-corrected chi connectivity index (χ2v) is 8.77. The maximum atomic E-state index is 13.7. The Labute approximate surface area is 217 Å². The lowest BCUT2D eigenvalue weighted by molar-refractivity contribution is 0.0599. The molecule has 2 aromatic heterocycles. The van der Waals surface area contributed by atoms with Crippen molar-refractivity contribution in [3.05, 3.63) is 53.3 Å². The zero-order chi connectivity index (χ0) is 26.5. The summed E-state index contributed by atoms with van der Waals surface area (Å²) in [6, 6.07) is 9.43. The number of carbonyl (C=O) groups excluding carboxylic acids is 2. The van der Waals surface area contributed by atoms with E-state index >= 15 is 0 Å². The molecule has 5 rings (SSSR count). The summed E-state index contributed by atoms with van der Waals surface area (Å²) in [4.78, 5) is 38.5. The van der Waals surface area contributed by atoms with E-state index in [4.69, 9.17) is 9.47 Å². The summed E-state index contributed by atoms with van der Waals surface area (Å²) >= 11 is 0. The Balaban J connectivity index is 0.00000156. The van der Waals surface area contributed by atoms with E-state index in [1.54, 1.807) is 26.4 Å². The first kappa shape index (κ1) is 26.2. The number of hydrogen-bond donors (Lipinski definition) is 1. The zero-order valence-electron chi connectivity index (χ0n) is 22.2. The molecule has 4 heterocycles. The van der Waals surface area contributed by atoms with Crippen LogP contribution in [0.5, 0.6) is 11.6 Å². The summed E-state index contributed by atoms with van der Waals surface area (Å²) in [5.41, 5.74) is 3.58. The third-order valence-electron chi connectivity index (χ3n) is 6.78. The first-order valence-corrected chi connectivity index (χ1v) is 12.9. The molecule has 0 radical (unpaired) electrons. The van der Waals surface area contributed by atoms with Gasteiger partial charge in [-0.15, -0.1) is 0 Å². The Morgan fingerprint density at radius 3 is 2.70 bits per heavy atom. The van der Waals surface area contributed by atoms with Crippen LogP contribution in [-0.4, -0.2) is 73.1 Å². The number of piperazine rings is 1. The van der Waals surface area contributed by atoms with Crippen LogP contribution in [0, 0.1) is 0 Å². The summed E-state index contributed by atoms with van der Waals surface area (Å²) in [7, 11) is 3.20. The number of aryl methyl sites for hydroxylation is 1. The molecule has 9 nitrogen and oxygen atoms in total. The van der Waals surface area contributed by atoms with Gasteiger partial charge in [-0.3, -0.25) is 9.59 Å². The molecule has 196 valence electrons. The van der Waals surface area contributed by atoms with Crippen molar-refractivity contribution in [3.63, 3.8) is 0 Å². The van der Waals surface area contributed by atoms with Gasteiger partial charge in [-0.25, -0.2) is 9.97 Å². The standard InChI is InChI=1S/C26H29N5O4.C2H6/c1-4-16-11-17-12-23-20(13-22(17)29-25(16)34-3)26(33)31-9-8-30(15-19(31)7-10-35-23)18-5-6-21(28-14-18)24(32)27-2;1-2/h5-6,11-14,19H,4,7-10,15H2,1-3H3,(H,27,32);1-2H3/t19-;/m1./s1. The van der Waals surface area contributed by atoms with Crippen molar-refractivity contribution in [2.45, 2.75) is 39.7 Å². The second kappa shape index (κ2) is 11.5. The van der Waals surface area contributed by atoms with Crippen LogP contribution in [0.25, 0.3) is 10.9 Å². The molecule has 0 spiro atoms. The van der Waals surface area contributed by atoms with Crippen LogP contribution in [0.15, 0.2) is 36.5 Å². The molecule has 9 heteroatoms. The van der Waals surface area contributed by atoms with Crippen molar-refractivity contribution in [2.75, 3.05) is 45.3 Å². The quantitative estimate of drug-likeness (QED) is 0.578. The summed E-state index contributed by atoms with van der Waals surface area (Å²) in [5.74, 6) is 0.932. The highest BCUT2D eigenvalue weighted by Gasteiger charge is 2.34. The average Bonchev–Trinajstić information content (AvgIpc) is 2.95. The van der Waals surface area contributed by atoms with Gasteiger partial charge in [-0.2, -0.15) is 0 Å². The largest absolute Gasteiger partial charge is 0.493 e. The smallest absolute Gasteiger partial charge is 0.269 e. The molecular formula is C28H35N5O4. The monoisotopic (exact) mass is 505 g/mol. The third kappa shape index (κ3) is 5.16. The van der Waals surface area contributed by atoms with Gasteiger partial charge in [0.2, 0.25) is 5.88 Å². The predicted molar refractivity (Wildman–Crippen MR) is 144 cm³/mol. The molecule has 37 heavy (non-hydrogen) atoms. The molecule has 1 atom stereocenters. The fraction of sp³-hybridized carbons (Fsp3) is 0.429. The number of hydrogen-bond acceptors (Lipinski definition) is 7. The van der Waals surface area contributed by atoms with E-state index < -0.39 is 0 Å². The van der Waals surface area contributed by atoms with Crippen molar-refractivity contribution >= 4 is 28.4 Å². The molecule has 1 N–H and O–H groups in total. The number of carbonyl (C=O) groups is 2. The first-order chi connectivity index (χ1) is 18.0. The van der Waals surface area contributed by atoms with Crippen LogP contribution in [0.3, 0.4) is 0 Å². The molecule has 0 unspecified atom stereocenters. The normalized spacial score (nSPS) is 16.9. The molecule has 0 bridgehead atoms. The van der Waals surface area contributed by atoms with E-state index in [2.05, 4.69) is 33.2 Å². The first-order valence-electron chi connectivity index (χ1n) is 12.9. The van der Waals surface area contributed by atoms with Gasteiger partial charge in [-0.05, 0) is 36.8 Å². The second-order valence-electron chi connectivity index (χ2n) is 8.77. The summed E-state index contributed by atoms with van der Waals surface area (Å²) in [6.07, 6.45) is 3.25. The van der Waals surface area contributed by atoms with E-state index in [1.807, 2.05) is 36.9 Å². The van der Waals surface area contributed by atoms with Gasteiger partial charge in [-0.1, -0.05) is 20.8 Å². The Hall–Kier alpha value is -3.88. The summed E-state index contributed by atoms with van der Waals surface area (Å²) in [6.45, 7) is 8.51. The highest BCUT2D eigenvalue weighted by Crippen LogP contribution is 2.33. The van der Waals surface area contributed by atoms with E-state index in [0.717, 1.165) is 29.5 Å². The Morgan fingerprint density at radius 2 is 2.03 bits per heavy atom. The highest BCUT2D eigenvalue weighted by atomic mass is 16.5. The topological polar surface area (TPSA) is 96.9 Å². The third-order valence-corrected chi connectivity index (χ3v) is 6.78. The molecule has 1 fully saturated rings. The number of ether oxygens (including phenoxy) is 2. The minimum absolute atomic E-state index is 0.00340. The highest BCUT2D eigenvalue weighted by molar-refractivity contribution is 6.01. The Bertz CT molecular complexity index is 1280. The lowest BCUT2D eigenvalue weighted by atomic mass is 10.0. The van der Waals surface area contributed by atoms with Crippen LogP contribution in [0.1, 0.15) is 53.6 Å². The van der Waals surface area contributed by atoms with Gasteiger partial charge in [0.15, 0.2) is 0 Å². The van der Waals surface area contributed by atoms with E-state index in [1.165, 1.54) is 0 Å². The van der Waals surface area contributed by atoms with Crippen LogP contribution >= 0.6 is 0 Å². The van der Waals surface area contributed by atoms with Gasteiger partial charge in [0.05, 0.1) is 42.7 Å². The molecular weight excluding hydrogens is 470 g/mol. The number of nitrogens with zero attached hydrogens (tertiary/aromatic N) is 4. The average molecular weight is 506 g/mol. The molecule has 3 aromatic rings. The number of methoxy groups -OCH3 is 1. The molecule has 1 saturated heterocycles. The molecule has 1 aromatic carbocycles. The van der Waals surface area contributed by atoms with Crippen molar-refractivity contribution in [1.29, 1.82) is 0 Å². The number of benzene rings is 1. The molecule has 2 aliphatic rings. The van der Waals surface area contributed by atoms with Crippen molar-refractivity contribution in [1.82, 2.24) is 20.2 Å². The predicted octanol–water partition coefficient (Wildman–Crippen LogP) is 3.70. The number of rotatable bonds is 4. The number of aromatic nitrogens is 2. The van der Waals surface area contributed by atoms with Gasteiger partial charge in [0.25, 0.3) is 11.8 Å². The minimum atomic E-state index is -0.214. The number of fused-ring (bicyclic) bond motifs is 3. The summed E-state index contributed by atoms with van der Waals surface area (Å²) in [5, 5.41) is 3.52. The van der Waals surface area contributed by atoms with Crippen molar-refractivity contribution < 1.29 is 19.1 Å². The number of amides is 2. The lowest BCUT2D eigenvalue weighted by Gasteiger charge is -2.43. The maximum absolute atomic E-state index is 13.7. The lowest BCUT2D eigenvalue weighted by Crippen LogP contribution is -2.56. The van der Waals surface area contributed by atoms with Crippen LogP contribution in [0.4, 0.5) is 5.69 Å². The number of anilines is 1. The van der Waals surface area contributed by atoms with Gasteiger partial charge >= 0.3 is 0 Å². The maximum Gasteiger partial charge on any atom is 0.269 e. The van der Waals surface area contributed by atoms with Crippen LogP contribution in [0.2, 0.25) is 0 Å². The summed E-state index contributed by atoms with van der Waals surface area (Å²) < 4.78 is 11.6.